The van der Waals surface area contributed by atoms with E-state index in [1.165, 1.54) is 0 Å². The molecule has 0 saturated carbocycles. The summed E-state index contributed by atoms with van der Waals surface area (Å²) in [6.45, 7) is 1.56. The molecule has 0 unspecified atom stereocenters. The second-order valence-electron chi connectivity index (χ2n) is 2.44. The second-order valence-corrected chi connectivity index (χ2v) is 2.44. The van der Waals surface area contributed by atoms with Crippen molar-refractivity contribution in [1.29, 1.82) is 0 Å². The van der Waals surface area contributed by atoms with Crippen LogP contribution in [-0.2, 0) is 11.3 Å². The predicted molar refractivity (Wildman–Crippen MR) is 44.3 cm³/mol. The number of amides is 1. The van der Waals surface area contributed by atoms with Crippen molar-refractivity contribution >= 4 is 6.09 Å². The van der Waals surface area contributed by atoms with Crippen molar-refractivity contribution in [1.82, 2.24) is 15.5 Å². The maximum atomic E-state index is 10.9. The lowest BCUT2D eigenvalue weighted by molar-refractivity contribution is 0.118. The minimum absolute atomic E-state index is 0.0306. The number of aliphatic hydroxyl groups excluding tert-OH is 1. The van der Waals surface area contributed by atoms with E-state index in [0.29, 0.717) is 11.7 Å². The molecule has 2 N–H and O–H groups in total. The first-order valence-corrected chi connectivity index (χ1v) is 4.03. The highest BCUT2D eigenvalue weighted by Gasteiger charge is 2.05. The van der Waals surface area contributed by atoms with Crippen LogP contribution in [-0.4, -0.2) is 34.6 Å². The van der Waals surface area contributed by atoms with Gasteiger partial charge in [0.1, 0.15) is 6.61 Å². The number of rotatable bonds is 4. The molecule has 0 aromatic carbocycles. The van der Waals surface area contributed by atoms with Gasteiger partial charge in [-0.3, -0.25) is 0 Å². The summed E-state index contributed by atoms with van der Waals surface area (Å²) in [5.74, 6) is 0.814. The fraction of sp³-hybridized carbons (Fsp3) is 0.571. The van der Waals surface area contributed by atoms with Crippen LogP contribution in [0.15, 0.2) is 4.52 Å². The van der Waals surface area contributed by atoms with Crippen LogP contribution in [0.3, 0.4) is 0 Å². The highest BCUT2D eigenvalue weighted by molar-refractivity contribution is 5.66. The Morgan fingerprint density at radius 1 is 1.71 bits per heavy atom. The van der Waals surface area contributed by atoms with Crippen LogP contribution < -0.4 is 5.32 Å². The molecule has 14 heavy (non-hydrogen) atoms. The predicted octanol–water partition coefficient (Wildman–Crippen LogP) is -0.403. The van der Waals surface area contributed by atoms with Gasteiger partial charge in [-0.15, -0.1) is 0 Å². The summed E-state index contributed by atoms with van der Waals surface area (Å²) in [5.41, 5.74) is 0. The summed E-state index contributed by atoms with van der Waals surface area (Å²) in [5, 5.41) is 14.3. The van der Waals surface area contributed by atoms with E-state index in [1.54, 1.807) is 6.92 Å². The van der Waals surface area contributed by atoms with E-state index >= 15 is 0 Å². The van der Waals surface area contributed by atoms with Crippen molar-refractivity contribution in [3.63, 3.8) is 0 Å². The van der Waals surface area contributed by atoms with E-state index in [-0.39, 0.29) is 19.8 Å². The van der Waals surface area contributed by atoms with Crippen molar-refractivity contribution in [2.24, 2.45) is 0 Å². The van der Waals surface area contributed by atoms with Crippen molar-refractivity contribution in [3.8, 4) is 0 Å². The number of carbonyl (C=O) groups is 1. The van der Waals surface area contributed by atoms with E-state index in [2.05, 4.69) is 24.7 Å². The smallest absolute Gasteiger partial charge is 0.407 e. The third-order valence-corrected chi connectivity index (χ3v) is 1.28. The molecule has 1 aromatic rings. The monoisotopic (exact) mass is 201 g/mol. The molecule has 0 aliphatic carbocycles. The highest BCUT2D eigenvalue weighted by Crippen LogP contribution is 1.93. The Labute approximate surface area is 80.1 Å². The number of carbonyl (C=O) groups excluding carboxylic acids is 1. The van der Waals surface area contributed by atoms with Crippen LogP contribution in [0.25, 0.3) is 0 Å². The quantitative estimate of drug-likeness (QED) is 0.687. The minimum atomic E-state index is -0.624. The summed E-state index contributed by atoms with van der Waals surface area (Å²) >= 11 is 0. The zero-order valence-corrected chi connectivity index (χ0v) is 7.69. The molecule has 0 fully saturated rings. The number of aromatic nitrogens is 2. The number of alkyl carbamates (subject to hydrolysis) is 1. The van der Waals surface area contributed by atoms with Crippen LogP contribution in [0.2, 0.25) is 0 Å². The SMILES string of the molecule is Cc1nc(CNC(=O)OCCO)no1. The van der Waals surface area contributed by atoms with Crippen molar-refractivity contribution < 1.29 is 19.2 Å². The Balaban J connectivity index is 2.23. The highest BCUT2D eigenvalue weighted by atomic mass is 16.6. The van der Waals surface area contributed by atoms with Gasteiger partial charge in [-0.25, -0.2) is 4.79 Å². The maximum absolute atomic E-state index is 10.9. The molecule has 78 valence electrons. The molecule has 0 aliphatic rings. The van der Waals surface area contributed by atoms with Crippen LogP contribution in [0, 0.1) is 6.92 Å². The second kappa shape index (κ2) is 5.18. The summed E-state index contributed by atoms with van der Waals surface area (Å²) in [6, 6.07) is 0. The van der Waals surface area contributed by atoms with E-state index in [1.807, 2.05) is 0 Å². The minimum Gasteiger partial charge on any atom is -0.447 e. The van der Waals surface area contributed by atoms with Gasteiger partial charge in [0, 0.05) is 6.92 Å². The van der Waals surface area contributed by atoms with Gasteiger partial charge in [-0.1, -0.05) is 5.16 Å². The number of aryl methyl sites for hydroxylation is 1. The maximum Gasteiger partial charge on any atom is 0.407 e. The Bertz CT molecular complexity index is 299. The standard InChI is InChI=1S/C7H11N3O4/c1-5-9-6(10-14-5)4-8-7(12)13-3-2-11/h11H,2-4H2,1H3,(H,8,12). The average molecular weight is 201 g/mol. The van der Waals surface area contributed by atoms with Crippen LogP contribution in [0.4, 0.5) is 4.79 Å². The zero-order valence-electron chi connectivity index (χ0n) is 7.69. The van der Waals surface area contributed by atoms with Gasteiger partial charge < -0.3 is 19.7 Å². The Hall–Kier alpha value is -1.63. The third-order valence-electron chi connectivity index (χ3n) is 1.28. The van der Waals surface area contributed by atoms with Gasteiger partial charge in [0.2, 0.25) is 5.89 Å². The summed E-state index contributed by atoms with van der Waals surface area (Å²) in [4.78, 5) is 14.7. The fourth-order valence-corrected chi connectivity index (χ4v) is 0.754. The molecule has 0 spiro atoms. The number of nitrogens with one attached hydrogen (secondary N) is 1. The number of ether oxygens (including phenoxy) is 1. The van der Waals surface area contributed by atoms with Crippen LogP contribution in [0.5, 0.6) is 0 Å². The first kappa shape index (κ1) is 10.5. The lowest BCUT2D eigenvalue weighted by Crippen LogP contribution is -2.25. The van der Waals surface area contributed by atoms with Crippen molar-refractivity contribution in [3.05, 3.63) is 11.7 Å². The van der Waals surface area contributed by atoms with Gasteiger partial charge in [0.05, 0.1) is 13.2 Å². The Kier molecular flexibility index (Phi) is 3.86. The lowest BCUT2D eigenvalue weighted by atomic mass is 10.6. The van der Waals surface area contributed by atoms with Crippen molar-refractivity contribution in [2.75, 3.05) is 13.2 Å². The normalized spacial score (nSPS) is 9.86. The molecule has 7 nitrogen and oxygen atoms in total. The average Bonchev–Trinajstić information content (AvgIpc) is 2.58. The molecule has 0 saturated heterocycles. The van der Waals surface area contributed by atoms with Crippen LogP contribution >= 0.6 is 0 Å². The Morgan fingerprint density at radius 2 is 2.50 bits per heavy atom. The first-order valence-electron chi connectivity index (χ1n) is 4.03. The summed E-state index contributed by atoms with van der Waals surface area (Å²) in [7, 11) is 0. The Morgan fingerprint density at radius 3 is 3.07 bits per heavy atom. The van der Waals surface area contributed by atoms with Gasteiger partial charge in [0.15, 0.2) is 5.82 Å². The molecule has 1 aromatic heterocycles. The van der Waals surface area contributed by atoms with Gasteiger partial charge in [0.25, 0.3) is 0 Å². The molecule has 0 bridgehead atoms. The molecule has 1 heterocycles. The fourth-order valence-electron chi connectivity index (χ4n) is 0.754. The third kappa shape index (κ3) is 3.40. The topological polar surface area (TPSA) is 97.5 Å². The molecule has 7 heteroatoms. The molecule has 1 rings (SSSR count). The van der Waals surface area contributed by atoms with Gasteiger partial charge >= 0.3 is 6.09 Å². The molecular weight excluding hydrogens is 190 g/mol. The number of hydrogen-bond donors (Lipinski definition) is 2. The zero-order chi connectivity index (χ0) is 10.4. The van der Waals surface area contributed by atoms with Crippen LogP contribution in [0.1, 0.15) is 11.7 Å². The van der Waals surface area contributed by atoms with Crippen molar-refractivity contribution in [2.45, 2.75) is 13.5 Å². The number of aliphatic hydroxyl groups is 1. The molecule has 0 atom stereocenters. The van der Waals surface area contributed by atoms with E-state index in [4.69, 9.17) is 5.11 Å². The lowest BCUT2D eigenvalue weighted by Gasteiger charge is -2.02. The van der Waals surface area contributed by atoms with E-state index in [0.717, 1.165) is 0 Å². The molecule has 0 aliphatic heterocycles. The van der Waals surface area contributed by atoms with E-state index in [9.17, 15) is 4.79 Å². The largest absolute Gasteiger partial charge is 0.447 e. The van der Waals surface area contributed by atoms with Gasteiger partial charge in [-0.2, -0.15) is 4.98 Å². The molecular formula is C7H11N3O4. The molecule has 1 amide bonds. The first-order chi connectivity index (χ1) is 6.72. The van der Waals surface area contributed by atoms with Gasteiger partial charge in [-0.05, 0) is 0 Å². The summed E-state index contributed by atoms with van der Waals surface area (Å²) < 4.78 is 9.22. The summed E-state index contributed by atoms with van der Waals surface area (Å²) in [6.07, 6.45) is -0.624. The number of nitrogens with zero attached hydrogens (tertiary/aromatic N) is 2. The van der Waals surface area contributed by atoms with E-state index < -0.39 is 6.09 Å². The number of hydrogen-bond acceptors (Lipinski definition) is 6. The molecule has 0 radical (unpaired) electrons.